The van der Waals surface area contributed by atoms with Gasteiger partial charge < -0.3 is 10.1 Å². The maximum Gasteiger partial charge on any atom is 0.0691 e. The average Bonchev–Trinajstić information content (AvgIpc) is 3.36. The lowest BCUT2D eigenvalue weighted by molar-refractivity contribution is -0.104. The van der Waals surface area contributed by atoms with Crippen LogP contribution in [0.2, 0.25) is 0 Å². The first kappa shape index (κ1) is 18.3. The first-order chi connectivity index (χ1) is 13.8. The average molecular weight is 377 g/mol. The van der Waals surface area contributed by atoms with Crippen LogP contribution < -0.4 is 5.32 Å². The van der Waals surface area contributed by atoms with E-state index in [2.05, 4.69) is 41.7 Å². The first-order valence-electron chi connectivity index (χ1n) is 11.2. The molecule has 2 heterocycles. The fourth-order valence-electron chi connectivity index (χ4n) is 6.05. The maximum atomic E-state index is 6.38. The van der Waals surface area contributed by atoms with Crippen molar-refractivity contribution in [2.75, 3.05) is 13.2 Å². The summed E-state index contributed by atoms with van der Waals surface area (Å²) < 4.78 is 6.38. The molecule has 0 bridgehead atoms. The van der Waals surface area contributed by atoms with Gasteiger partial charge >= 0.3 is 0 Å². The van der Waals surface area contributed by atoms with Crippen LogP contribution in [0.1, 0.15) is 74.2 Å². The third-order valence-corrected chi connectivity index (χ3v) is 7.50. The van der Waals surface area contributed by atoms with E-state index >= 15 is 0 Å². The van der Waals surface area contributed by atoms with Gasteiger partial charge in [0.2, 0.25) is 0 Å². The summed E-state index contributed by atoms with van der Waals surface area (Å²) in [7, 11) is 0. The smallest absolute Gasteiger partial charge is 0.0691 e. The molecular formula is C25H32N2O. The zero-order valence-electron chi connectivity index (χ0n) is 16.8. The van der Waals surface area contributed by atoms with Crippen molar-refractivity contribution in [2.45, 2.75) is 74.8 Å². The van der Waals surface area contributed by atoms with Crippen LogP contribution in [0.3, 0.4) is 0 Å². The molecule has 2 unspecified atom stereocenters. The Kier molecular flexibility index (Phi) is 4.98. The van der Waals surface area contributed by atoms with Gasteiger partial charge in [-0.05, 0) is 74.8 Å². The zero-order chi connectivity index (χ0) is 18.9. The van der Waals surface area contributed by atoms with Crippen LogP contribution in [0.15, 0.2) is 48.7 Å². The number of ether oxygens (including phenoxy) is 1. The molecule has 5 rings (SSSR count). The third kappa shape index (κ3) is 3.40. The Hall–Kier alpha value is -1.71. The monoisotopic (exact) mass is 376 g/mol. The normalized spacial score (nSPS) is 28.5. The molecular weight excluding hydrogens is 344 g/mol. The molecule has 1 aromatic carbocycles. The number of nitrogens with zero attached hydrogens (tertiary/aromatic N) is 1. The predicted molar refractivity (Wildman–Crippen MR) is 112 cm³/mol. The van der Waals surface area contributed by atoms with Crippen molar-refractivity contribution in [3.8, 4) is 0 Å². The van der Waals surface area contributed by atoms with E-state index in [4.69, 9.17) is 9.72 Å². The van der Waals surface area contributed by atoms with Gasteiger partial charge in [-0.25, -0.2) is 0 Å². The second-order valence-corrected chi connectivity index (χ2v) is 9.15. The van der Waals surface area contributed by atoms with Crippen molar-refractivity contribution < 1.29 is 4.74 Å². The molecule has 1 saturated heterocycles. The van der Waals surface area contributed by atoms with Crippen molar-refractivity contribution in [3.05, 3.63) is 65.5 Å². The van der Waals surface area contributed by atoms with E-state index in [-0.39, 0.29) is 11.0 Å². The third-order valence-electron chi connectivity index (χ3n) is 7.50. The Balaban J connectivity index is 1.33. The molecule has 1 spiro atoms. The molecule has 1 aliphatic heterocycles. The van der Waals surface area contributed by atoms with E-state index in [0.717, 1.165) is 32.4 Å². The summed E-state index contributed by atoms with van der Waals surface area (Å²) in [6, 6.07) is 15.9. The van der Waals surface area contributed by atoms with Gasteiger partial charge in [0.25, 0.3) is 0 Å². The minimum absolute atomic E-state index is 0.107. The van der Waals surface area contributed by atoms with Crippen LogP contribution in [-0.2, 0) is 16.6 Å². The highest BCUT2D eigenvalue weighted by Gasteiger charge is 2.48. The lowest BCUT2D eigenvalue weighted by atomic mass is 9.68. The van der Waals surface area contributed by atoms with Crippen LogP contribution >= 0.6 is 0 Å². The van der Waals surface area contributed by atoms with E-state index < -0.39 is 0 Å². The molecule has 3 heteroatoms. The van der Waals surface area contributed by atoms with E-state index in [1.165, 1.54) is 55.3 Å². The molecule has 148 valence electrons. The highest BCUT2D eigenvalue weighted by atomic mass is 16.5. The highest BCUT2D eigenvalue weighted by Crippen LogP contribution is 2.49. The van der Waals surface area contributed by atoms with Crippen molar-refractivity contribution >= 4 is 0 Å². The second kappa shape index (κ2) is 7.61. The van der Waals surface area contributed by atoms with Gasteiger partial charge in [0.15, 0.2) is 0 Å². The lowest BCUT2D eigenvalue weighted by Gasteiger charge is -2.46. The number of hydrogen-bond acceptors (Lipinski definition) is 3. The van der Waals surface area contributed by atoms with Crippen molar-refractivity contribution in [2.24, 2.45) is 0 Å². The summed E-state index contributed by atoms with van der Waals surface area (Å²) in [6.07, 6.45) is 12.9. The number of pyridine rings is 1. The number of benzene rings is 1. The maximum absolute atomic E-state index is 6.38. The van der Waals surface area contributed by atoms with Gasteiger partial charge in [0.1, 0.15) is 0 Å². The number of aryl methyl sites for hydroxylation is 1. The van der Waals surface area contributed by atoms with E-state index in [1.54, 1.807) is 0 Å². The topological polar surface area (TPSA) is 34.1 Å². The Morgan fingerprint density at radius 3 is 2.75 bits per heavy atom. The lowest BCUT2D eigenvalue weighted by Crippen LogP contribution is -2.47. The quantitative estimate of drug-likeness (QED) is 0.787. The molecule has 1 N–H and O–H groups in total. The van der Waals surface area contributed by atoms with Gasteiger partial charge in [-0.2, -0.15) is 0 Å². The molecule has 2 atom stereocenters. The Morgan fingerprint density at radius 1 is 1.04 bits per heavy atom. The summed E-state index contributed by atoms with van der Waals surface area (Å²) in [4.78, 5) is 4.83. The van der Waals surface area contributed by atoms with Gasteiger partial charge in [0.05, 0.1) is 5.60 Å². The molecule has 3 aliphatic rings. The van der Waals surface area contributed by atoms with Crippen LogP contribution in [-0.4, -0.2) is 23.7 Å². The van der Waals surface area contributed by atoms with Crippen molar-refractivity contribution in [1.29, 1.82) is 0 Å². The Morgan fingerprint density at radius 2 is 1.89 bits per heavy atom. The van der Waals surface area contributed by atoms with Gasteiger partial charge in [-0.1, -0.05) is 43.2 Å². The largest absolute Gasteiger partial charge is 0.375 e. The Labute approximate surface area is 168 Å². The summed E-state index contributed by atoms with van der Waals surface area (Å²) >= 11 is 0. The molecule has 2 aliphatic carbocycles. The van der Waals surface area contributed by atoms with Gasteiger partial charge in [-0.3, -0.25) is 4.98 Å². The fraction of sp³-hybridized carbons (Fsp3) is 0.560. The predicted octanol–water partition coefficient (Wildman–Crippen LogP) is 5.11. The number of fused-ring (bicyclic) bond motifs is 1. The van der Waals surface area contributed by atoms with Crippen molar-refractivity contribution in [1.82, 2.24) is 10.3 Å². The fourth-order valence-corrected chi connectivity index (χ4v) is 6.05. The summed E-state index contributed by atoms with van der Waals surface area (Å²) in [6.45, 7) is 1.93. The number of rotatable bonds is 5. The van der Waals surface area contributed by atoms with Gasteiger partial charge in [0, 0.05) is 30.0 Å². The Bertz CT molecular complexity index is 799. The zero-order valence-corrected chi connectivity index (χ0v) is 16.8. The number of nitrogens with one attached hydrogen (secondary N) is 1. The molecule has 0 amide bonds. The van der Waals surface area contributed by atoms with E-state index in [1.807, 2.05) is 12.3 Å². The SMILES string of the molecule is c1ccc(C2(CCNC3CCc4ccccc43)CCOC3(CCCC3)C2)nc1. The molecule has 3 nitrogen and oxygen atoms in total. The minimum atomic E-state index is 0.107. The van der Waals surface area contributed by atoms with E-state index in [0.29, 0.717) is 6.04 Å². The van der Waals surface area contributed by atoms with Crippen LogP contribution in [0.5, 0.6) is 0 Å². The molecule has 2 fully saturated rings. The van der Waals surface area contributed by atoms with Crippen molar-refractivity contribution in [3.63, 3.8) is 0 Å². The number of aromatic nitrogens is 1. The minimum Gasteiger partial charge on any atom is -0.375 e. The molecule has 1 saturated carbocycles. The second-order valence-electron chi connectivity index (χ2n) is 9.15. The number of hydrogen-bond donors (Lipinski definition) is 1. The highest BCUT2D eigenvalue weighted by molar-refractivity contribution is 5.34. The summed E-state index contributed by atoms with van der Waals surface area (Å²) in [5, 5.41) is 3.89. The van der Waals surface area contributed by atoms with Crippen LogP contribution in [0, 0.1) is 0 Å². The summed E-state index contributed by atoms with van der Waals surface area (Å²) in [5.74, 6) is 0. The molecule has 2 aromatic rings. The van der Waals surface area contributed by atoms with Gasteiger partial charge in [-0.15, -0.1) is 0 Å². The first-order valence-corrected chi connectivity index (χ1v) is 11.2. The standard InChI is InChI=1S/C25H32N2O/c1-2-8-21-20(7-1)10-11-22(21)26-17-14-24(23-9-3-6-16-27-23)15-18-28-25(19-24)12-4-5-13-25/h1-3,6-9,16,22,26H,4-5,10-15,17-19H2. The molecule has 1 aromatic heterocycles. The van der Waals surface area contributed by atoms with Crippen LogP contribution in [0.25, 0.3) is 0 Å². The van der Waals surface area contributed by atoms with E-state index in [9.17, 15) is 0 Å². The molecule has 0 radical (unpaired) electrons. The molecule has 28 heavy (non-hydrogen) atoms. The summed E-state index contributed by atoms with van der Waals surface area (Å²) in [5.41, 5.74) is 4.56. The van der Waals surface area contributed by atoms with Crippen LogP contribution in [0.4, 0.5) is 0 Å².